The van der Waals surface area contributed by atoms with Crippen molar-refractivity contribution >= 4 is 42.1 Å². The summed E-state index contributed by atoms with van der Waals surface area (Å²) < 4.78 is 5.07. The molecule has 0 spiro atoms. The Labute approximate surface area is 142 Å². The number of ether oxygens (including phenoxy) is 1. The van der Waals surface area contributed by atoms with Gasteiger partial charge in [-0.3, -0.25) is 4.79 Å². The Kier molecular flexibility index (Phi) is 14.5. The standard InChI is InChI=1S/C13H23N3O2S.2ClH/c1-10-9-19-13(16-10)5-3-4-6-15-12(17)7-11(8-14)18-2;;/h9,11H,3-8,14H2,1-2H3,(H,15,17);2*1H. The lowest BCUT2D eigenvalue weighted by Crippen LogP contribution is -2.32. The molecule has 1 aromatic rings. The average Bonchev–Trinajstić information content (AvgIpc) is 2.81. The molecule has 21 heavy (non-hydrogen) atoms. The lowest BCUT2D eigenvalue weighted by molar-refractivity contribution is -0.123. The molecule has 0 saturated heterocycles. The quantitative estimate of drug-likeness (QED) is 0.663. The monoisotopic (exact) mass is 357 g/mol. The molecule has 0 aliphatic heterocycles. The number of carbonyl (C=O) groups excluding carboxylic acids is 1. The summed E-state index contributed by atoms with van der Waals surface area (Å²) in [6, 6.07) is 0. The van der Waals surface area contributed by atoms with Crippen LogP contribution in [0.25, 0.3) is 0 Å². The van der Waals surface area contributed by atoms with E-state index in [0.717, 1.165) is 25.0 Å². The maximum atomic E-state index is 11.6. The van der Waals surface area contributed by atoms with Gasteiger partial charge in [0.05, 0.1) is 17.5 Å². The molecule has 8 heteroatoms. The highest BCUT2D eigenvalue weighted by Crippen LogP contribution is 2.11. The lowest BCUT2D eigenvalue weighted by atomic mass is 10.2. The Bertz CT molecular complexity index is 387. The van der Waals surface area contributed by atoms with Crippen LogP contribution in [-0.4, -0.2) is 37.2 Å². The van der Waals surface area contributed by atoms with Crippen LogP contribution in [0.4, 0.5) is 0 Å². The number of nitrogens with two attached hydrogens (primary N) is 1. The second-order valence-corrected chi connectivity index (χ2v) is 5.43. The number of nitrogens with one attached hydrogen (secondary N) is 1. The smallest absolute Gasteiger partial charge is 0.222 e. The first kappa shape index (κ1) is 22.9. The number of aromatic nitrogens is 1. The van der Waals surface area contributed by atoms with Crippen LogP contribution in [-0.2, 0) is 16.0 Å². The van der Waals surface area contributed by atoms with Crippen molar-refractivity contribution < 1.29 is 9.53 Å². The van der Waals surface area contributed by atoms with Crippen molar-refractivity contribution in [3.63, 3.8) is 0 Å². The van der Waals surface area contributed by atoms with Gasteiger partial charge in [-0.15, -0.1) is 36.2 Å². The van der Waals surface area contributed by atoms with Crippen molar-refractivity contribution in [1.29, 1.82) is 0 Å². The van der Waals surface area contributed by atoms with Gasteiger partial charge in [-0.05, 0) is 26.2 Å². The topological polar surface area (TPSA) is 77.2 Å². The largest absolute Gasteiger partial charge is 0.380 e. The second-order valence-electron chi connectivity index (χ2n) is 4.49. The van der Waals surface area contributed by atoms with E-state index in [9.17, 15) is 4.79 Å². The van der Waals surface area contributed by atoms with E-state index >= 15 is 0 Å². The number of hydrogen-bond donors (Lipinski definition) is 2. The average molecular weight is 358 g/mol. The highest BCUT2D eigenvalue weighted by molar-refractivity contribution is 7.09. The Morgan fingerprint density at radius 2 is 2.19 bits per heavy atom. The normalized spacial score (nSPS) is 11.2. The van der Waals surface area contributed by atoms with Gasteiger partial charge in [-0.2, -0.15) is 0 Å². The summed E-state index contributed by atoms with van der Waals surface area (Å²) in [5.41, 5.74) is 6.55. The first-order valence-electron chi connectivity index (χ1n) is 6.56. The number of carbonyl (C=O) groups is 1. The molecule has 0 fully saturated rings. The van der Waals surface area contributed by atoms with Crippen LogP contribution in [0.2, 0.25) is 0 Å². The van der Waals surface area contributed by atoms with Crippen LogP contribution in [0.5, 0.6) is 0 Å². The third-order valence-corrected chi connectivity index (χ3v) is 3.84. The van der Waals surface area contributed by atoms with Gasteiger partial charge in [-0.25, -0.2) is 4.98 Å². The molecule has 1 heterocycles. The first-order valence-corrected chi connectivity index (χ1v) is 7.44. The fraction of sp³-hybridized carbons (Fsp3) is 0.692. The molecule has 0 aliphatic carbocycles. The van der Waals surface area contributed by atoms with Crippen molar-refractivity contribution in [2.24, 2.45) is 5.73 Å². The number of hydrogen-bond acceptors (Lipinski definition) is 5. The summed E-state index contributed by atoms with van der Waals surface area (Å²) in [6.45, 7) is 3.07. The van der Waals surface area contributed by atoms with Crippen LogP contribution in [0, 0.1) is 6.92 Å². The molecule has 0 aliphatic rings. The maximum Gasteiger partial charge on any atom is 0.222 e. The summed E-state index contributed by atoms with van der Waals surface area (Å²) in [5.74, 6) is 0.00222. The zero-order valence-corrected chi connectivity index (χ0v) is 14.9. The summed E-state index contributed by atoms with van der Waals surface area (Å²) in [4.78, 5) is 16.0. The van der Waals surface area contributed by atoms with E-state index in [1.54, 1.807) is 18.4 Å². The highest BCUT2D eigenvalue weighted by Gasteiger charge is 2.10. The molecule has 3 N–H and O–H groups in total. The Balaban J connectivity index is 0. The number of aryl methyl sites for hydroxylation is 2. The third kappa shape index (κ3) is 10.0. The van der Waals surface area contributed by atoms with Gasteiger partial charge in [0, 0.05) is 31.3 Å². The summed E-state index contributed by atoms with van der Waals surface area (Å²) in [5, 5.41) is 6.12. The molecular weight excluding hydrogens is 333 g/mol. The van der Waals surface area contributed by atoms with Crippen LogP contribution < -0.4 is 11.1 Å². The molecular formula is C13H25Cl2N3O2S. The van der Waals surface area contributed by atoms with E-state index in [1.165, 1.54) is 5.01 Å². The van der Waals surface area contributed by atoms with Crippen LogP contribution in [0.15, 0.2) is 5.38 Å². The predicted molar refractivity (Wildman–Crippen MR) is 91.8 cm³/mol. The van der Waals surface area contributed by atoms with Crippen LogP contribution >= 0.6 is 36.2 Å². The van der Waals surface area contributed by atoms with E-state index in [2.05, 4.69) is 15.7 Å². The van der Waals surface area contributed by atoms with E-state index in [4.69, 9.17) is 10.5 Å². The van der Waals surface area contributed by atoms with Gasteiger partial charge < -0.3 is 15.8 Å². The summed E-state index contributed by atoms with van der Waals surface area (Å²) >= 11 is 1.70. The number of unbranched alkanes of at least 4 members (excludes halogenated alkanes) is 1. The number of methoxy groups -OCH3 is 1. The van der Waals surface area contributed by atoms with E-state index in [-0.39, 0.29) is 36.8 Å². The van der Waals surface area contributed by atoms with Crippen molar-refractivity contribution in [1.82, 2.24) is 10.3 Å². The van der Waals surface area contributed by atoms with E-state index < -0.39 is 0 Å². The van der Waals surface area contributed by atoms with Crippen LogP contribution in [0.1, 0.15) is 30.0 Å². The highest BCUT2D eigenvalue weighted by atomic mass is 35.5. The number of amides is 1. The van der Waals surface area contributed by atoms with Crippen LogP contribution in [0.3, 0.4) is 0 Å². The van der Waals surface area contributed by atoms with E-state index in [1.807, 2.05) is 6.92 Å². The second kappa shape index (κ2) is 13.3. The number of halogens is 2. The molecule has 0 aromatic carbocycles. The number of rotatable bonds is 9. The van der Waals surface area contributed by atoms with Gasteiger partial charge in [0.1, 0.15) is 0 Å². The molecule has 1 unspecified atom stereocenters. The Morgan fingerprint density at radius 1 is 1.48 bits per heavy atom. The minimum atomic E-state index is -0.182. The number of thiazole rings is 1. The zero-order valence-electron chi connectivity index (χ0n) is 12.5. The summed E-state index contributed by atoms with van der Waals surface area (Å²) in [7, 11) is 1.57. The minimum Gasteiger partial charge on any atom is -0.380 e. The van der Waals surface area contributed by atoms with Gasteiger partial charge in [0.15, 0.2) is 0 Å². The fourth-order valence-electron chi connectivity index (χ4n) is 1.69. The summed E-state index contributed by atoms with van der Waals surface area (Å²) in [6.07, 6.45) is 3.14. The molecule has 1 rings (SSSR count). The Morgan fingerprint density at radius 3 is 2.71 bits per heavy atom. The minimum absolute atomic E-state index is 0. The molecule has 1 amide bonds. The van der Waals surface area contributed by atoms with Gasteiger partial charge >= 0.3 is 0 Å². The molecule has 1 atom stereocenters. The predicted octanol–water partition coefficient (Wildman–Crippen LogP) is 2.10. The van der Waals surface area contributed by atoms with Gasteiger partial charge in [0.25, 0.3) is 0 Å². The molecule has 124 valence electrons. The third-order valence-electron chi connectivity index (χ3n) is 2.82. The van der Waals surface area contributed by atoms with Gasteiger partial charge in [0.2, 0.25) is 5.91 Å². The molecule has 0 radical (unpaired) electrons. The zero-order chi connectivity index (χ0) is 14.1. The lowest BCUT2D eigenvalue weighted by Gasteiger charge is -2.12. The molecule has 0 bridgehead atoms. The van der Waals surface area contributed by atoms with E-state index in [0.29, 0.717) is 19.5 Å². The van der Waals surface area contributed by atoms with Gasteiger partial charge in [-0.1, -0.05) is 0 Å². The van der Waals surface area contributed by atoms with Crippen molar-refractivity contribution in [2.45, 2.75) is 38.7 Å². The number of nitrogens with zero attached hydrogens (tertiary/aromatic N) is 1. The van der Waals surface area contributed by atoms with Crippen molar-refractivity contribution in [3.8, 4) is 0 Å². The SMILES string of the molecule is COC(CN)CC(=O)NCCCCc1nc(C)cs1.Cl.Cl. The van der Waals surface area contributed by atoms with Crippen molar-refractivity contribution in [3.05, 3.63) is 16.1 Å². The maximum absolute atomic E-state index is 11.6. The first-order chi connectivity index (χ1) is 9.15. The fourth-order valence-corrected chi connectivity index (χ4v) is 2.51. The van der Waals surface area contributed by atoms with Crippen molar-refractivity contribution in [2.75, 3.05) is 20.2 Å². The molecule has 1 aromatic heterocycles. The molecule has 0 saturated carbocycles. The molecule has 5 nitrogen and oxygen atoms in total. The Hall–Kier alpha value is -0.400.